The molecule has 0 heterocycles. The SMILES string of the molecule is COCC(C)(CC(=O)O)C(C)N. The van der Waals surface area contributed by atoms with Crippen molar-refractivity contribution in [2.45, 2.75) is 26.3 Å². The zero-order valence-electron chi connectivity index (χ0n) is 7.83. The van der Waals surface area contributed by atoms with Gasteiger partial charge in [0.25, 0.3) is 0 Å². The van der Waals surface area contributed by atoms with Crippen LogP contribution in [0.5, 0.6) is 0 Å². The number of hydrogen-bond acceptors (Lipinski definition) is 3. The third-order valence-corrected chi connectivity index (χ3v) is 2.13. The minimum atomic E-state index is -0.841. The van der Waals surface area contributed by atoms with E-state index in [2.05, 4.69) is 0 Å². The smallest absolute Gasteiger partial charge is 0.304 e. The topological polar surface area (TPSA) is 72.5 Å². The van der Waals surface area contributed by atoms with Gasteiger partial charge < -0.3 is 15.6 Å². The van der Waals surface area contributed by atoms with Crippen LogP contribution in [0, 0.1) is 5.41 Å². The Hall–Kier alpha value is -0.610. The molecule has 0 aliphatic rings. The third kappa shape index (κ3) is 3.19. The normalized spacial score (nSPS) is 18.3. The van der Waals surface area contributed by atoms with Crippen molar-refractivity contribution < 1.29 is 14.6 Å². The molecule has 0 aliphatic heterocycles. The van der Waals surface area contributed by atoms with E-state index in [-0.39, 0.29) is 12.5 Å². The first-order chi connectivity index (χ1) is 5.42. The molecule has 0 bridgehead atoms. The van der Waals surface area contributed by atoms with Gasteiger partial charge in [-0.2, -0.15) is 0 Å². The largest absolute Gasteiger partial charge is 0.481 e. The van der Waals surface area contributed by atoms with Crippen molar-refractivity contribution in [3.05, 3.63) is 0 Å². The molecule has 0 aliphatic carbocycles. The summed E-state index contributed by atoms with van der Waals surface area (Å²) in [6.07, 6.45) is 0.0402. The molecule has 0 aromatic carbocycles. The van der Waals surface area contributed by atoms with E-state index >= 15 is 0 Å². The summed E-state index contributed by atoms with van der Waals surface area (Å²) >= 11 is 0. The second-order valence-corrected chi connectivity index (χ2v) is 3.45. The molecule has 2 unspecified atom stereocenters. The second kappa shape index (κ2) is 4.42. The minimum Gasteiger partial charge on any atom is -0.481 e. The van der Waals surface area contributed by atoms with Crippen LogP contribution in [0.15, 0.2) is 0 Å². The van der Waals surface area contributed by atoms with Gasteiger partial charge in [0.15, 0.2) is 0 Å². The highest BCUT2D eigenvalue weighted by Gasteiger charge is 2.31. The molecule has 0 amide bonds. The number of carboxylic acid groups (broad SMARTS) is 1. The molecule has 3 N–H and O–H groups in total. The maximum absolute atomic E-state index is 10.5. The summed E-state index contributed by atoms with van der Waals surface area (Å²) in [6, 6.07) is -0.187. The fourth-order valence-corrected chi connectivity index (χ4v) is 1.02. The molecular formula is C8H17NO3. The quantitative estimate of drug-likeness (QED) is 0.636. The highest BCUT2D eigenvalue weighted by Crippen LogP contribution is 2.24. The van der Waals surface area contributed by atoms with Crippen molar-refractivity contribution in [2.75, 3.05) is 13.7 Å². The Labute approximate surface area is 72.7 Å². The van der Waals surface area contributed by atoms with Gasteiger partial charge in [0.2, 0.25) is 0 Å². The summed E-state index contributed by atoms with van der Waals surface area (Å²) in [5.41, 5.74) is 5.19. The molecule has 0 spiro atoms. The van der Waals surface area contributed by atoms with Crippen LogP contribution < -0.4 is 5.73 Å². The van der Waals surface area contributed by atoms with Gasteiger partial charge >= 0.3 is 5.97 Å². The van der Waals surface area contributed by atoms with E-state index < -0.39 is 11.4 Å². The number of ether oxygens (including phenoxy) is 1. The van der Waals surface area contributed by atoms with Crippen LogP contribution in [0.4, 0.5) is 0 Å². The van der Waals surface area contributed by atoms with Gasteiger partial charge in [-0.1, -0.05) is 6.92 Å². The highest BCUT2D eigenvalue weighted by atomic mass is 16.5. The molecule has 0 fully saturated rings. The summed E-state index contributed by atoms with van der Waals surface area (Å²) in [6.45, 7) is 3.98. The van der Waals surface area contributed by atoms with Crippen LogP contribution in [-0.2, 0) is 9.53 Å². The molecule has 0 rings (SSSR count). The molecule has 0 radical (unpaired) electrons. The molecule has 0 saturated heterocycles. The van der Waals surface area contributed by atoms with Crippen molar-refractivity contribution in [1.82, 2.24) is 0 Å². The Kier molecular flexibility index (Phi) is 4.20. The molecule has 0 aromatic heterocycles. The van der Waals surface area contributed by atoms with Gasteiger partial charge in [0, 0.05) is 18.6 Å². The number of methoxy groups -OCH3 is 1. The Morgan fingerprint density at radius 2 is 2.25 bits per heavy atom. The van der Waals surface area contributed by atoms with Gasteiger partial charge in [-0.15, -0.1) is 0 Å². The molecule has 12 heavy (non-hydrogen) atoms. The van der Waals surface area contributed by atoms with Crippen LogP contribution in [0.1, 0.15) is 20.3 Å². The van der Waals surface area contributed by atoms with E-state index in [1.165, 1.54) is 0 Å². The van der Waals surface area contributed by atoms with Crippen LogP contribution >= 0.6 is 0 Å². The summed E-state index contributed by atoms with van der Waals surface area (Å²) in [7, 11) is 1.54. The lowest BCUT2D eigenvalue weighted by Gasteiger charge is -2.30. The maximum atomic E-state index is 10.5. The standard InChI is InChI=1S/C8H17NO3/c1-6(9)8(2,5-12-3)4-7(10)11/h6H,4-5,9H2,1-3H3,(H,10,11). The molecular weight excluding hydrogens is 158 g/mol. The second-order valence-electron chi connectivity index (χ2n) is 3.45. The molecule has 0 aromatic rings. The highest BCUT2D eigenvalue weighted by molar-refractivity contribution is 5.67. The molecule has 4 heteroatoms. The number of carboxylic acids is 1. The number of carbonyl (C=O) groups is 1. The van der Waals surface area contributed by atoms with Crippen molar-refractivity contribution >= 4 is 5.97 Å². The molecule has 0 saturated carbocycles. The van der Waals surface area contributed by atoms with Gasteiger partial charge in [-0.05, 0) is 6.92 Å². The number of hydrogen-bond donors (Lipinski definition) is 2. The lowest BCUT2D eigenvalue weighted by molar-refractivity contribution is -0.140. The monoisotopic (exact) mass is 175 g/mol. The molecule has 4 nitrogen and oxygen atoms in total. The number of aliphatic carboxylic acids is 1. The van der Waals surface area contributed by atoms with Crippen molar-refractivity contribution in [3.8, 4) is 0 Å². The summed E-state index contributed by atoms with van der Waals surface area (Å²) in [4.78, 5) is 10.5. The Bertz CT molecular complexity index is 158. The summed E-state index contributed by atoms with van der Waals surface area (Å²) in [5, 5.41) is 8.61. The van der Waals surface area contributed by atoms with E-state index in [1.54, 1.807) is 14.0 Å². The fourth-order valence-electron chi connectivity index (χ4n) is 1.02. The Morgan fingerprint density at radius 1 is 1.75 bits per heavy atom. The average molecular weight is 175 g/mol. The first-order valence-electron chi connectivity index (χ1n) is 3.88. The fraction of sp³-hybridized carbons (Fsp3) is 0.875. The Morgan fingerprint density at radius 3 is 2.50 bits per heavy atom. The van der Waals surface area contributed by atoms with Crippen molar-refractivity contribution in [3.63, 3.8) is 0 Å². The average Bonchev–Trinajstić information content (AvgIpc) is 1.85. The lowest BCUT2D eigenvalue weighted by Crippen LogP contribution is -2.42. The van der Waals surface area contributed by atoms with Crippen molar-refractivity contribution in [1.29, 1.82) is 0 Å². The molecule has 72 valence electrons. The van der Waals surface area contributed by atoms with E-state index in [0.29, 0.717) is 6.61 Å². The predicted octanol–water partition coefficient (Wildman–Crippen LogP) is 0.461. The number of nitrogens with two attached hydrogens (primary N) is 1. The first kappa shape index (κ1) is 11.4. The van der Waals surface area contributed by atoms with Gasteiger partial charge in [-0.3, -0.25) is 4.79 Å². The predicted molar refractivity (Wildman–Crippen MR) is 45.9 cm³/mol. The lowest BCUT2D eigenvalue weighted by atomic mass is 9.81. The van der Waals surface area contributed by atoms with Crippen LogP contribution in [-0.4, -0.2) is 30.8 Å². The van der Waals surface area contributed by atoms with E-state index in [4.69, 9.17) is 15.6 Å². The van der Waals surface area contributed by atoms with Gasteiger partial charge in [-0.25, -0.2) is 0 Å². The summed E-state index contributed by atoms with van der Waals surface area (Å²) < 4.78 is 4.93. The van der Waals surface area contributed by atoms with E-state index in [0.717, 1.165) is 0 Å². The van der Waals surface area contributed by atoms with E-state index in [1.807, 2.05) is 6.92 Å². The van der Waals surface area contributed by atoms with Crippen LogP contribution in [0.3, 0.4) is 0 Å². The van der Waals surface area contributed by atoms with Gasteiger partial charge in [0.1, 0.15) is 0 Å². The minimum absolute atomic E-state index is 0.0402. The summed E-state index contributed by atoms with van der Waals surface area (Å²) in [5.74, 6) is -0.841. The van der Waals surface area contributed by atoms with Gasteiger partial charge in [0.05, 0.1) is 13.0 Å². The maximum Gasteiger partial charge on any atom is 0.304 e. The van der Waals surface area contributed by atoms with Crippen LogP contribution in [0.25, 0.3) is 0 Å². The third-order valence-electron chi connectivity index (χ3n) is 2.13. The Balaban J connectivity index is 4.28. The first-order valence-corrected chi connectivity index (χ1v) is 3.88. The van der Waals surface area contributed by atoms with Crippen molar-refractivity contribution in [2.24, 2.45) is 11.1 Å². The van der Waals surface area contributed by atoms with E-state index in [9.17, 15) is 4.79 Å². The molecule has 2 atom stereocenters. The van der Waals surface area contributed by atoms with Crippen LogP contribution in [0.2, 0.25) is 0 Å². The zero-order valence-corrected chi connectivity index (χ0v) is 7.83. The number of rotatable bonds is 5. The zero-order chi connectivity index (χ0) is 9.78.